The fourth-order valence-electron chi connectivity index (χ4n) is 3.02. The quantitative estimate of drug-likeness (QED) is 0.351. The molecule has 0 saturated carbocycles. The van der Waals surface area contributed by atoms with E-state index >= 15 is 0 Å². The molecule has 7 heteroatoms. The van der Waals surface area contributed by atoms with E-state index in [9.17, 15) is 4.79 Å². The van der Waals surface area contributed by atoms with Gasteiger partial charge in [-0.1, -0.05) is 54.1 Å². The van der Waals surface area contributed by atoms with Crippen LogP contribution >= 0.6 is 11.6 Å². The number of hydrogen-bond acceptors (Lipinski definition) is 5. The lowest BCUT2D eigenvalue weighted by Crippen LogP contribution is -2.15. The summed E-state index contributed by atoms with van der Waals surface area (Å²) in [5.41, 5.74) is 3.41. The van der Waals surface area contributed by atoms with Gasteiger partial charge in [0.15, 0.2) is 0 Å². The zero-order chi connectivity index (χ0) is 22.2. The van der Waals surface area contributed by atoms with E-state index in [1.165, 1.54) is 6.33 Å². The Labute approximate surface area is 191 Å². The van der Waals surface area contributed by atoms with E-state index in [0.29, 0.717) is 22.3 Å². The average molecular weight is 445 g/mol. The highest BCUT2D eigenvalue weighted by molar-refractivity contribution is 6.32. The summed E-state index contributed by atoms with van der Waals surface area (Å²) < 4.78 is 5.56. The number of carbonyl (C=O) groups excluding carboxylic acids is 1. The van der Waals surface area contributed by atoms with Gasteiger partial charge in [-0.3, -0.25) is 4.79 Å². The first-order valence-electron chi connectivity index (χ1n) is 10.1. The number of benzene rings is 3. The van der Waals surface area contributed by atoms with Gasteiger partial charge < -0.3 is 15.4 Å². The van der Waals surface area contributed by atoms with Crippen molar-refractivity contribution in [3.8, 4) is 17.0 Å². The molecule has 0 aliphatic rings. The van der Waals surface area contributed by atoms with Crippen molar-refractivity contribution in [1.82, 2.24) is 9.97 Å². The lowest BCUT2D eigenvalue weighted by molar-refractivity contribution is -0.116. The molecule has 0 saturated heterocycles. The van der Waals surface area contributed by atoms with Crippen LogP contribution in [-0.4, -0.2) is 22.5 Å². The minimum Gasteiger partial charge on any atom is -0.491 e. The summed E-state index contributed by atoms with van der Waals surface area (Å²) in [7, 11) is 0. The second-order valence-electron chi connectivity index (χ2n) is 6.93. The van der Waals surface area contributed by atoms with Crippen LogP contribution in [0.2, 0.25) is 5.02 Å². The van der Waals surface area contributed by atoms with E-state index in [-0.39, 0.29) is 18.9 Å². The molecule has 0 unspecified atom stereocenters. The summed E-state index contributed by atoms with van der Waals surface area (Å²) >= 11 is 6.04. The van der Waals surface area contributed by atoms with Crippen LogP contribution < -0.4 is 15.4 Å². The third-order valence-corrected chi connectivity index (χ3v) is 4.91. The number of carbonyl (C=O) groups is 1. The Morgan fingerprint density at radius 1 is 0.875 bits per heavy atom. The van der Waals surface area contributed by atoms with Crippen molar-refractivity contribution in [2.75, 3.05) is 17.2 Å². The molecule has 32 heavy (non-hydrogen) atoms. The summed E-state index contributed by atoms with van der Waals surface area (Å²) in [5, 5.41) is 6.64. The molecule has 0 aliphatic carbocycles. The number of nitrogens with zero attached hydrogens (tertiary/aromatic N) is 2. The number of amides is 1. The molecule has 0 atom stereocenters. The van der Waals surface area contributed by atoms with Gasteiger partial charge in [0.05, 0.1) is 23.7 Å². The van der Waals surface area contributed by atoms with Gasteiger partial charge in [0.2, 0.25) is 5.91 Å². The predicted octanol–water partition coefficient (Wildman–Crippen LogP) is 5.95. The molecule has 1 aromatic heterocycles. The molecule has 0 aliphatic heterocycles. The van der Waals surface area contributed by atoms with Crippen LogP contribution in [0.1, 0.15) is 6.42 Å². The van der Waals surface area contributed by atoms with E-state index in [0.717, 1.165) is 16.9 Å². The lowest BCUT2D eigenvalue weighted by Gasteiger charge is -2.10. The molecular weight excluding hydrogens is 424 g/mol. The Kier molecular flexibility index (Phi) is 6.94. The second-order valence-corrected chi connectivity index (χ2v) is 7.34. The van der Waals surface area contributed by atoms with Gasteiger partial charge in [-0.25, -0.2) is 9.97 Å². The molecule has 0 radical (unpaired) electrons. The minimum atomic E-state index is -0.138. The van der Waals surface area contributed by atoms with Gasteiger partial charge in [-0.05, 0) is 36.4 Å². The lowest BCUT2D eigenvalue weighted by atomic mass is 10.1. The van der Waals surface area contributed by atoms with E-state index in [1.54, 1.807) is 12.1 Å². The van der Waals surface area contributed by atoms with Gasteiger partial charge in [0.25, 0.3) is 0 Å². The smallest absolute Gasteiger partial charge is 0.227 e. The molecule has 2 N–H and O–H groups in total. The van der Waals surface area contributed by atoms with Crippen LogP contribution in [0.5, 0.6) is 5.75 Å². The topological polar surface area (TPSA) is 76.1 Å². The highest BCUT2D eigenvalue weighted by Crippen LogP contribution is 2.24. The van der Waals surface area contributed by atoms with Crippen LogP contribution in [0, 0.1) is 0 Å². The molecule has 4 rings (SSSR count). The van der Waals surface area contributed by atoms with Crippen LogP contribution in [0.25, 0.3) is 11.3 Å². The Balaban J connectivity index is 1.30. The van der Waals surface area contributed by atoms with Gasteiger partial charge in [0.1, 0.15) is 17.9 Å². The highest BCUT2D eigenvalue weighted by atomic mass is 35.5. The zero-order valence-electron chi connectivity index (χ0n) is 17.2. The standard InChI is InChI=1S/C25H21ClN4O2/c26-21-8-4-5-9-23(21)32-15-14-25(31)30-20-12-10-19(11-13-20)29-24-16-22(27-17-28-24)18-6-2-1-3-7-18/h1-13,16-17H,14-15H2,(H,30,31)(H,27,28,29). The summed E-state index contributed by atoms with van der Waals surface area (Å²) in [5.74, 6) is 1.12. The van der Waals surface area contributed by atoms with E-state index in [4.69, 9.17) is 16.3 Å². The number of halogens is 1. The van der Waals surface area contributed by atoms with Crippen molar-refractivity contribution in [2.45, 2.75) is 6.42 Å². The maximum absolute atomic E-state index is 12.2. The van der Waals surface area contributed by atoms with Crippen LogP contribution in [0.15, 0.2) is 91.3 Å². The molecular formula is C25H21ClN4O2. The third-order valence-electron chi connectivity index (χ3n) is 4.60. The van der Waals surface area contributed by atoms with Crippen LogP contribution in [0.3, 0.4) is 0 Å². The van der Waals surface area contributed by atoms with Gasteiger partial charge in [-0.2, -0.15) is 0 Å². The Morgan fingerprint density at radius 3 is 2.38 bits per heavy atom. The molecule has 1 amide bonds. The molecule has 6 nitrogen and oxygen atoms in total. The normalized spacial score (nSPS) is 10.4. The molecule has 4 aromatic rings. The van der Waals surface area contributed by atoms with Gasteiger partial charge in [-0.15, -0.1) is 0 Å². The van der Waals surface area contributed by atoms with Crippen molar-refractivity contribution < 1.29 is 9.53 Å². The Morgan fingerprint density at radius 2 is 1.59 bits per heavy atom. The van der Waals surface area contributed by atoms with Crippen LogP contribution in [0.4, 0.5) is 17.2 Å². The Hall–Kier alpha value is -3.90. The van der Waals surface area contributed by atoms with Crippen molar-refractivity contribution in [1.29, 1.82) is 0 Å². The number of hydrogen-bond donors (Lipinski definition) is 2. The number of aromatic nitrogens is 2. The van der Waals surface area contributed by atoms with E-state index in [2.05, 4.69) is 20.6 Å². The van der Waals surface area contributed by atoms with Crippen molar-refractivity contribution in [3.63, 3.8) is 0 Å². The highest BCUT2D eigenvalue weighted by Gasteiger charge is 2.06. The second kappa shape index (κ2) is 10.4. The molecule has 3 aromatic carbocycles. The summed E-state index contributed by atoms with van der Waals surface area (Å²) in [6.07, 6.45) is 1.75. The Bertz CT molecular complexity index is 1180. The van der Waals surface area contributed by atoms with Gasteiger partial charge in [0, 0.05) is 23.0 Å². The summed E-state index contributed by atoms with van der Waals surface area (Å²) in [6.45, 7) is 0.243. The fourth-order valence-corrected chi connectivity index (χ4v) is 3.21. The minimum absolute atomic E-state index is 0.138. The number of rotatable bonds is 8. The number of anilines is 3. The van der Waals surface area contributed by atoms with Crippen molar-refractivity contribution in [2.24, 2.45) is 0 Å². The van der Waals surface area contributed by atoms with Gasteiger partial charge >= 0.3 is 0 Å². The third kappa shape index (κ3) is 5.83. The number of nitrogens with one attached hydrogen (secondary N) is 2. The first kappa shape index (κ1) is 21.3. The van der Waals surface area contributed by atoms with E-state index < -0.39 is 0 Å². The maximum Gasteiger partial charge on any atom is 0.227 e. The largest absolute Gasteiger partial charge is 0.491 e. The SMILES string of the molecule is O=C(CCOc1ccccc1Cl)Nc1ccc(Nc2cc(-c3ccccc3)ncn2)cc1. The molecule has 160 valence electrons. The van der Waals surface area contributed by atoms with E-state index in [1.807, 2.05) is 72.8 Å². The predicted molar refractivity (Wildman–Crippen MR) is 127 cm³/mol. The van der Waals surface area contributed by atoms with Crippen molar-refractivity contribution >= 4 is 34.7 Å². The van der Waals surface area contributed by atoms with Crippen molar-refractivity contribution in [3.05, 3.63) is 96.3 Å². The monoisotopic (exact) mass is 444 g/mol. The maximum atomic E-state index is 12.2. The summed E-state index contributed by atoms with van der Waals surface area (Å²) in [4.78, 5) is 20.8. The molecule has 0 fully saturated rings. The first-order chi connectivity index (χ1) is 15.7. The molecule has 1 heterocycles. The summed E-state index contributed by atoms with van der Waals surface area (Å²) in [6, 6.07) is 26.4. The molecule has 0 spiro atoms. The fraction of sp³-hybridized carbons (Fsp3) is 0.0800. The van der Waals surface area contributed by atoms with Crippen LogP contribution in [-0.2, 0) is 4.79 Å². The number of para-hydroxylation sites is 1. The average Bonchev–Trinajstić information content (AvgIpc) is 2.82. The molecule has 0 bridgehead atoms. The first-order valence-corrected chi connectivity index (χ1v) is 10.5. The zero-order valence-corrected chi connectivity index (χ0v) is 17.9. The number of ether oxygens (including phenoxy) is 1.